The van der Waals surface area contributed by atoms with Gasteiger partial charge in [-0.25, -0.2) is 4.21 Å². The number of carbonyl (C=O) groups is 1. The van der Waals surface area contributed by atoms with Crippen LogP contribution in [-0.2, 0) is 11.1 Å². The molecule has 0 aliphatic rings. The Morgan fingerprint density at radius 1 is 1.31 bits per heavy atom. The molecule has 0 fully saturated rings. The van der Waals surface area contributed by atoms with Crippen LogP contribution in [0, 0.1) is 0 Å². The van der Waals surface area contributed by atoms with Gasteiger partial charge in [0.15, 0.2) is 16.9 Å². The number of benzene rings is 1. The Labute approximate surface area is 79.1 Å². The standard InChI is InChI=1S/C9H10O3S/c10-9(6-7-13(11)12)8-4-2-1-3-5-8/h1-5H,6-7H2,(H,11,12). The second kappa shape index (κ2) is 4.89. The normalized spacial score (nSPS) is 12.4. The van der Waals surface area contributed by atoms with Crippen LogP contribution < -0.4 is 0 Å². The Morgan fingerprint density at radius 2 is 1.92 bits per heavy atom. The average molecular weight is 198 g/mol. The van der Waals surface area contributed by atoms with E-state index in [1.165, 1.54) is 0 Å². The molecular formula is C9H10O3S. The van der Waals surface area contributed by atoms with E-state index >= 15 is 0 Å². The van der Waals surface area contributed by atoms with Crippen molar-refractivity contribution in [2.75, 3.05) is 5.75 Å². The second-order valence-electron chi connectivity index (χ2n) is 2.56. The van der Waals surface area contributed by atoms with Crippen LogP contribution in [0.15, 0.2) is 30.3 Å². The van der Waals surface area contributed by atoms with E-state index < -0.39 is 11.1 Å². The van der Waals surface area contributed by atoms with E-state index in [4.69, 9.17) is 4.55 Å². The van der Waals surface area contributed by atoms with E-state index in [2.05, 4.69) is 0 Å². The molecule has 0 spiro atoms. The molecule has 1 N–H and O–H groups in total. The second-order valence-corrected chi connectivity index (χ2v) is 3.62. The number of rotatable bonds is 4. The van der Waals surface area contributed by atoms with Crippen LogP contribution in [0.1, 0.15) is 16.8 Å². The van der Waals surface area contributed by atoms with Crippen LogP contribution in [0.2, 0.25) is 0 Å². The van der Waals surface area contributed by atoms with Crippen molar-refractivity contribution in [1.29, 1.82) is 0 Å². The van der Waals surface area contributed by atoms with Crippen LogP contribution in [0.25, 0.3) is 0 Å². The van der Waals surface area contributed by atoms with Crippen molar-refractivity contribution in [3.63, 3.8) is 0 Å². The highest BCUT2D eigenvalue weighted by molar-refractivity contribution is 7.79. The number of Topliss-reactive ketones (excluding diaryl/α,β-unsaturated/α-hetero) is 1. The summed E-state index contributed by atoms with van der Waals surface area (Å²) < 4.78 is 18.8. The van der Waals surface area contributed by atoms with Crippen molar-refractivity contribution in [2.24, 2.45) is 0 Å². The summed E-state index contributed by atoms with van der Waals surface area (Å²) in [7, 11) is 0. The van der Waals surface area contributed by atoms with Gasteiger partial charge in [-0.3, -0.25) is 4.79 Å². The molecule has 13 heavy (non-hydrogen) atoms. The maximum atomic E-state index is 11.3. The number of carbonyl (C=O) groups excluding carboxylic acids is 1. The summed E-state index contributed by atoms with van der Waals surface area (Å²) in [6, 6.07) is 8.75. The van der Waals surface area contributed by atoms with Crippen LogP contribution in [0.5, 0.6) is 0 Å². The van der Waals surface area contributed by atoms with Crippen molar-refractivity contribution in [3.05, 3.63) is 35.9 Å². The van der Waals surface area contributed by atoms with Crippen molar-refractivity contribution in [3.8, 4) is 0 Å². The fourth-order valence-electron chi connectivity index (χ4n) is 0.948. The Balaban J connectivity index is 2.54. The van der Waals surface area contributed by atoms with Gasteiger partial charge in [-0.2, -0.15) is 0 Å². The molecule has 1 aromatic carbocycles. The summed E-state index contributed by atoms with van der Waals surface area (Å²) in [4.78, 5) is 11.3. The molecule has 0 bridgehead atoms. The first kappa shape index (κ1) is 10.1. The molecule has 1 unspecified atom stereocenters. The smallest absolute Gasteiger partial charge is 0.163 e. The predicted molar refractivity (Wildman–Crippen MR) is 51.0 cm³/mol. The maximum Gasteiger partial charge on any atom is 0.163 e. The Hall–Kier alpha value is -1.00. The van der Waals surface area contributed by atoms with Gasteiger partial charge in [0.1, 0.15) is 0 Å². The van der Waals surface area contributed by atoms with Gasteiger partial charge in [0.05, 0.1) is 5.75 Å². The van der Waals surface area contributed by atoms with Gasteiger partial charge < -0.3 is 4.55 Å². The highest BCUT2D eigenvalue weighted by Gasteiger charge is 2.05. The summed E-state index contributed by atoms with van der Waals surface area (Å²) in [6.07, 6.45) is 0.118. The molecule has 1 atom stereocenters. The molecule has 70 valence electrons. The molecule has 0 aliphatic carbocycles. The molecule has 0 aliphatic heterocycles. The molecule has 0 saturated heterocycles. The average Bonchev–Trinajstić information content (AvgIpc) is 2.15. The van der Waals surface area contributed by atoms with Gasteiger partial charge in [0, 0.05) is 12.0 Å². The summed E-state index contributed by atoms with van der Waals surface area (Å²) in [5, 5.41) is 0. The van der Waals surface area contributed by atoms with E-state index in [-0.39, 0.29) is 18.0 Å². The molecule has 4 heteroatoms. The fourth-order valence-corrected chi connectivity index (χ4v) is 1.31. The highest BCUT2D eigenvalue weighted by atomic mass is 32.2. The number of hydrogen-bond acceptors (Lipinski definition) is 2. The summed E-state index contributed by atoms with van der Waals surface area (Å²) in [5.41, 5.74) is 0.591. The first-order valence-electron chi connectivity index (χ1n) is 3.86. The van der Waals surface area contributed by atoms with E-state index in [1.807, 2.05) is 6.07 Å². The largest absolute Gasteiger partial charge is 0.306 e. The summed E-state index contributed by atoms with van der Waals surface area (Å²) in [5.74, 6) is -0.0868. The van der Waals surface area contributed by atoms with Crippen LogP contribution in [0.4, 0.5) is 0 Å². The molecule has 1 aromatic rings. The third-order valence-electron chi connectivity index (χ3n) is 1.60. The summed E-state index contributed by atoms with van der Waals surface area (Å²) >= 11 is -1.88. The minimum absolute atomic E-state index is 0.00767. The molecule has 3 nitrogen and oxygen atoms in total. The molecule has 0 heterocycles. The van der Waals surface area contributed by atoms with Gasteiger partial charge in [-0.15, -0.1) is 0 Å². The van der Waals surface area contributed by atoms with Crippen molar-refractivity contribution in [2.45, 2.75) is 6.42 Å². The third kappa shape index (κ3) is 3.48. The number of ketones is 1. The lowest BCUT2D eigenvalue weighted by molar-refractivity contribution is 0.0988. The van der Waals surface area contributed by atoms with Gasteiger partial charge in [-0.1, -0.05) is 30.3 Å². The Bertz CT molecular complexity index is 308. The van der Waals surface area contributed by atoms with Crippen molar-refractivity contribution in [1.82, 2.24) is 0 Å². The number of hydrogen-bond donors (Lipinski definition) is 1. The van der Waals surface area contributed by atoms with Gasteiger partial charge in [0.25, 0.3) is 0 Å². The Morgan fingerprint density at radius 3 is 2.46 bits per heavy atom. The monoisotopic (exact) mass is 198 g/mol. The van der Waals surface area contributed by atoms with Crippen molar-refractivity contribution >= 4 is 16.9 Å². The quantitative estimate of drug-likeness (QED) is 0.589. The van der Waals surface area contributed by atoms with Gasteiger partial charge in [0.2, 0.25) is 0 Å². The molecule has 0 radical (unpaired) electrons. The maximum absolute atomic E-state index is 11.3. The Kier molecular flexibility index (Phi) is 3.79. The molecular weight excluding hydrogens is 188 g/mol. The van der Waals surface area contributed by atoms with E-state index in [9.17, 15) is 9.00 Å². The highest BCUT2D eigenvalue weighted by Crippen LogP contribution is 2.02. The topological polar surface area (TPSA) is 54.4 Å². The zero-order valence-corrected chi connectivity index (χ0v) is 7.79. The lowest BCUT2D eigenvalue weighted by Crippen LogP contribution is -2.05. The SMILES string of the molecule is O=C(CCS(=O)O)c1ccccc1. The zero-order chi connectivity index (χ0) is 9.68. The van der Waals surface area contributed by atoms with Crippen molar-refractivity contribution < 1.29 is 13.6 Å². The van der Waals surface area contributed by atoms with Crippen LogP contribution >= 0.6 is 0 Å². The molecule has 0 amide bonds. The van der Waals surface area contributed by atoms with Gasteiger partial charge >= 0.3 is 0 Å². The van der Waals surface area contributed by atoms with Crippen LogP contribution in [-0.4, -0.2) is 20.3 Å². The van der Waals surface area contributed by atoms with E-state index in [0.717, 1.165) is 0 Å². The molecule has 1 rings (SSSR count). The first-order chi connectivity index (χ1) is 6.20. The minimum atomic E-state index is -1.88. The van der Waals surface area contributed by atoms with E-state index in [0.29, 0.717) is 5.56 Å². The minimum Gasteiger partial charge on any atom is -0.306 e. The van der Waals surface area contributed by atoms with Gasteiger partial charge in [-0.05, 0) is 0 Å². The molecule has 0 aromatic heterocycles. The predicted octanol–water partition coefficient (Wildman–Crippen LogP) is 1.48. The summed E-state index contributed by atoms with van der Waals surface area (Å²) in [6.45, 7) is 0. The third-order valence-corrected chi connectivity index (χ3v) is 2.15. The van der Waals surface area contributed by atoms with Crippen LogP contribution in [0.3, 0.4) is 0 Å². The zero-order valence-electron chi connectivity index (χ0n) is 6.97. The lowest BCUT2D eigenvalue weighted by Gasteiger charge is -1.97. The molecule has 0 saturated carbocycles. The first-order valence-corrected chi connectivity index (χ1v) is 5.13. The van der Waals surface area contributed by atoms with E-state index in [1.54, 1.807) is 24.3 Å². The fraction of sp³-hybridized carbons (Fsp3) is 0.222. The lowest BCUT2D eigenvalue weighted by atomic mass is 10.1.